The molecule has 0 spiro atoms. The van der Waals surface area contributed by atoms with Gasteiger partial charge in [-0.2, -0.15) is 0 Å². The van der Waals surface area contributed by atoms with Crippen LogP contribution < -0.4 is 10.6 Å². The van der Waals surface area contributed by atoms with Gasteiger partial charge < -0.3 is 15.7 Å². The molecule has 1 saturated carbocycles. The first-order valence-corrected chi connectivity index (χ1v) is 6.93. The number of hydrogen-bond donors (Lipinski definition) is 2. The number of anilines is 1. The maximum atomic E-state index is 9.06. The minimum Gasteiger partial charge on any atom is -0.396 e. The van der Waals surface area contributed by atoms with E-state index in [1.54, 1.807) is 0 Å². The molecule has 3 N–H and O–H groups in total. The molecule has 1 aliphatic rings. The summed E-state index contributed by atoms with van der Waals surface area (Å²) in [5, 5.41) is 9.06. The van der Waals surface area contributed by atoms with Gasteiger partial charge in [0.2, 0.25) is 0 Å². The van der Waals surface area contributed by atoms with E-state index < -0.39 is 0 Å². The predicted octanol–water partition coefficient (Wildman–Crippen LogP) is 2.20. The topological polar surface area (TPSA) is 49.5 Å². The first-order valence-electron chi connectivity index (χ1n) is 6.93. The van der Waals surface area contributed by atoms with Crippen molar-refractivity contribution in [1.29, 1.82) is 0 Å². The molecule has 2 rings (SSSR count). The zero-order chi connectivity index (χ0) is 13.0. The van der Waals surface area contributed by atoms with E-state index in [9.17, 15) is 0 Å². The Morgan fingerprint density at radius 1 is 1.39 bits per heavy atom. The van der Waals surface area contributed by atoms with Crippen molar-refractivity contribution >= 4 is 5.69 Å². The Hall–Kier alpha value is -1.06. The standard InChI is InChI=1S/C15H24N2O/c1-12-6-7-13(11-16)15(10-12)17(8-3-9-18)14-4-2-5-14/h6-7,10,14,18H,2-5,8-9,11,16H2,1H3. The van der Waals surface area contributed by atoms with Gasteiger partial charge >= 0.3 is 0 Å². The third kappa shape index (κ3) is 2.85. The van der Waals surface area contributed by atoms with Crippen LogP contribution in [0.4, 0.5) is 5.69 Å². The van der Waals surface area contributed by atoms with Crippen molar-refractivity contribution in [3.63, 3.8) is 0 Å². The van der Waals surface area contributed by atoms with E-state index in [4.69, 9.17) is 10.8 Å². The normalized spacial score (nSPS) is 15.5. The number of nitrogens with zero attached hydrogens (tertiary/aromatic N) is 1. The van der Waals surface area contributed by atoms with E-state index in [0.29, 0.717) is 12.6 Å². The Labute approximate surface area is 110 Å². The van der Waals surface area contributed by atoms with Crippen molar-refractivity contribution in [2.75, 3.05) is 18.1 Å². The SMILES string of the molecule is Cc1ccc(CN)c(N(CCCO)C2CCC2)c1. The summed E-state index contributed by atoms with van der Waals surface area (Å²) in [6.07, 6.45) is 4.69. The molecular weight excluding hydrogens is 224 g/mol. The highest BCUT2D eigenvalue weighted by molar-refractivity contribution is 5.56. The summed E-state index contributed by atoms with van der Waals surface area (Å²) in [6.45, 7) is 3.89. The fourth-order valence-corrected chi connectivity index (χ4v) is 2.55. The van der Waals surface area contributed by atoms with Crippen LogP contribution in [0.1, 0.15) is 36.8 Å². The number of benzene rings is 1. The van der Waals surface area contributed by atoms with Crippen molar-refractivity contribution in [3.05, 3.63) is 29.3 Å². The maximum Gasteiger partial charge on any atom is 0.0447 e. The van der Waals surface area contributed by atoms with Gasteiger partial charge in [0.15, 0.2) is 0 Å². The van der Waals surface area contributed by atoms with Crippen molar-refractivity contribution in [2.45, 2.75) is 45.2 Å². The highest BCUT2D eigenvalue weighted by Crippen LogP contribution is 2.32. The van der Waals surface area contributed by atoms with Crippen LogP contribution in [0.3, 0.4) is 0 Å². The molecule has 1 aromatic carbocycles. The molecule has 0 unspecified atom stereocenters. The van der Waals surface area contributed by atoms with Gasteiger partial charge in [-0.05, 0) is 49.8 Å². The number of hydrogen-bond acceptors (Lipinski definition) is 3. The lowest BCUT2D eigenvalue weighted by Crippen LogP contribution is -2.41. The molecule has 0 aromatic heterocycles. The largest absolute Gasteiger partial charge is 0.396 e. The molecule has 100 valence electrons. The number of rotatable bonds is 6. The van der Waals surface area contributed by atoms with Gasteiger partial charge in [0, 0.05) is 31.4 Å². The number of aryl methyl sites for hydroxylation is 1. The van der Waals surface area contributed by atoms with Crippen LogP contribution in [0.25, 0.3) is 0 Å². The molecule has 0 aliphatic heterocycles. The summed E-state index contributed by atoms with van der Waals surface area (Å²) in [7, 11) is 0. The van der Waals surface area contributed by atoms with E-state index in [0.717, 1.165) is 13.0 Å². The molecule has 18 heavy (non-hydrogen) atoms. The minimum atomic E-state index is 0.257. The average Bonchev–Trinajstić information content (AvgIpc) is 2.32. The quantitative estimate of drug-likeness (QED) is 0.811. The third-order valence-corrected chi connectivity index (χ3v) is 3.84. The smallest absolute Gasteiger partial charge is 0.0447 e. The highest BCUT2D eigenvalue weighted by Gasteiger charge is 2.26. The summed E-state index contributed by atoms with van der Waals surface area (Å²) < 4.78 is 0. The zero-order valence-corrected chi connectivity index (χ0v) is 11.2. The monoisotopic (exact) mass is 248 g/mol. The van der Waals surface area contributed by atoms with E-state index in [2.05, 4.69) is 30.0 Å². The van der Waals surface area contributed by atoms with Crippen molar-refractivity contribution in [2.24, 2.45) is 5.73 Å². The molecule has 0 bridgehead atoms. The van der Waals surface area contributed by atoms with Gasteiger partial charge in [-0.15, -0.1) is 0 Å². The Morgan fingerprint density at radius 2 is 2.17 bits per heavy atom. The first-order chi connectivity index (χ1) is 8.76. The van der Waals surface area contributed by atoms with Gasteiger partial charge in [-0.1, -0.05) is 12.1 Å². The Bertz CT molecular complexity index is 388. The van der Waals surface area contributed by atoms with Crippen molar-refractivity contribution in [3.8, 4) is 0 Å². The van der Waals surface area contributed by atoms with Crippen LogP contribution >= 0.6 is 0 Å². The van der Waals surface area contributed by atoms with Crippen LogP contribution in [0, 0.1) is 6.92 Å². The summed E-state index contributed by atoms with van der Waals surface area (Å²) in [5.74, 6) is 0. The molecule has 3 heteroatoms. The second-order valence-corrected chi connectivity index (χ2v) is 5.19. The van der Waals surface area contributed by atoms with Crippen LogP contribution in [-0.2, 0) is 6.54 Å². The number of aliphatic hydroxyl groups is 1. The molecule has 1 aliphatic carbocycles. The van der Waals surface area contributed by atoms with Crippen LogP contribution in [0.15, 0.2) is 18.2 Å². The Kier molecular flexibility index (Phi) is 4.61. The average molecular weight is 248 g/mol. The third-order valence-electron chi connectivity index (χ3n) is 3.84. The van der Waals surface area contributed by atoms with Crippen molar-refractivity contribution in [1.82, 2.24) is 0 Å². The Morgan fingerprint density at radius 3 is 2.72 bits per heavy atom. The van der Waals surface area contributed by atoms with E-state index in [-0.39, 0.29) is 6.61 Å². The molecule has 1 fully saturated rings. The maximum absolute atomic E-state index is 9.06. The molecule has 0 atom stereocenters. The minimum absolute atomic E-state index is 0.257. The molecular formula is C15H24N2O. The number of aliphatic hydroxyl groups excluding tert-OH is 1. The summed E-state index contributed by atoms with van der Waals surface area (Å²) in [4.78, 5) is 2.45. The van der Waals surface area contributed by atoms with Crippen molar-refractivity contribution < 1.29 is 5.11 Å². The lowest BCUT2D eigenvalue weighted by Gasteiger charge is -2.40. The number of nitrogens with two attached hydrogens (primary N) is 1. The van der Waals surface area contributed by atoms with Crippen LogP contribution in [0.2, 0.25) is 0 Å². The molecule has 0 amide bonds. The zero-order valence-electron chi connectivity index (χ0n) is 11.2. The van der Waals surface area contributed by atoms with Crippen LogP contribution in [-0.4, -0.2) is 24.3 Å². The molecule has 3 nitrogen and oxygen atoms in total. The van der Waals surface area contributed by atoms with Gasteiger partial charge in [0.05, 0.1) is 0 Å². The summed E-state index contributed by atoms with van der Waals surface area (Å²) in [5.41, 5.74) is 9.61. The summed E-state index contributed by atoms with van der Waals surface area (Å²) >= 11 is 0. The van der Waals surface area contributed by atoms with Gasteiger partial charge in [0.1, 0.15) is 0 Å². The fraction of sp³-hybridized carbons (Fsp3) is 0.600. The van der Waals surface area contributed by atoms with E-state index in [1.165, 1.54) is 36.1 Å². The Balaban J connectivity index is 2.24. The predicted molar refractivity (Wildman–Crippen MR) is 75.8 cm³/mol. The lowest BCUT2D eigenvalue weighted by molar-refractivity contribution is 0.283. The van der Waals surface area contributed by atoms with Gasteiger partial charge in [-0.25, -0.2) is 0 Å². The summed E-state index contributed by atoms with van der Waals surface area (Å²) in [6, 6.07) is 7.13. The molecule has 1 aromatic rings. The van der Waals surface area contributed by atoms with Crippen LogP contribution in [0.5, 0.6) is 0 Å². The molecule has 0 saturated heterocycles. The second-order valence-electron chi connectivity index (χ2n) is 5.19. The highest BCUT2D eigenvalue weighted by atomic mass is 16.3. The first kappa shape index (κ1) is 13.4. The fourth-order valence-electron chi connectivity index (χ4n) is 2.55. The van der Waals surface area contributed by atoms with E-state index in [1.807, 2.05) is 0 Å². The van der Waals surface area contributed by atoms with E-state index >= 15 is 0 Å². The molecule has 0 heterocycles. The lowest BCUT2D eigenvalue weighted by atomic mass is 9.90. The van der Waals surface area contributed by atoms with Gasteiger partial charge in [-0.3, -0.25) is 0 Å². The second kappa shape index (κ2) is 6.21. The molecule has 0 radical (unpaired) electrons. The van der Waals surface area contributed by atoms with Gasteiger partial charge in [0.25, 0.3) is 0 Å².